The van der Waals surface area contributed by atoms with Crippen LogP contribution in [0.3, 0.4) is 0 Å². The fourth-order valence-electron chi connectivity index (χ4n) is 5.56. The zero-order chi connectivity index (χ0) is 23.2. The van der Waals surface area contributed by atoms with Gasteiger partial charge in [-0.05, 0) is 37.0 Å². The maximum absolute atomic E-state index is 13.2. The summed E-state index contributed by atoms with van der Waals surface area (Å²) in [6, 6.07) is 16.8. The van der Waals surface area contributed by atoms with Crippen molar-refractivity contribution in [2.75, 3.05) is 0 Å². The van der Waals surface area contributed by atoms with E-state index in [9.17, 15) is 9.59 Å². The molecule has 2 aliphatic rings. The highest BCUT2D eigenvalue weighted by Crippen LogP contribution is 2.43. The van der Waals surface area contributed by atoms with Gasteiger partial charge in [0.1, 0.15) is 0 Å². The third kappa shape index (κ3) is 4.05. The number of hydrogen-bond donors (Lipinski definition) is 0. The van der Waals surface area contributed by atoms with Gasteiger partial charge in [-0.1, -0.05) is 67.3 Å². The van der Waals surface area contributed by atoms with Crippen LogP contribution < -0.4 is 0 Å². The summed E-state index contributed by atoms with van der Waals surface area (Å²) in [7, 11) is 0. The number of rotatable bonds is 4. The van der Waals surface area contributed by atoms with Gasteiger partial charge in [-0.15, -0.1) is 0 Å². The number of esters is 2. The molecule has 1 aromatic heterocycles. The number of para-hydroxylation sites is 1. The molecule has 5 rings (SSSR count). The topological polar surface area (TPSA) is 57.5 Å². The maximum atomic E-state index is 13.2. The number of carbonyl (C=O) groups excluding carboxylic acids is 2. The van der Waals surface area contributed by atoms with Crippen LogP contribution in [0.1, 0.15) is 74.6 Å². The first-order valence-corrected chi connectivity index (χ1v) is 12.0. The second kappa shape index (κ2) is 8.36. The van der Waals surface area contributed by atoms with Crippen LogP contribution in [0.4, 0.5) is 0 Å². The molecule has 0 bridgehead atoms. The molecule has 1 unspecified atom stereocenters. The summed E-state index contributed by atoms with van der Waals surface area (Å²) < 4.78 is 13.5. The minimum atomic E-state index is -1.25. The van der Waals surface area contributed by atoms with Crippen LogP contribution in [0.2, 0.25) is 0 Å². The van der Waals surface area contributed by atoms with E-state index in [2.05, 4.69) is 35.0 Å². The van der Waals surface area contributed by atoms with Crippen molar-refractivity contribution in [1.29, 1.82) is 0 Å². The Bertz CT molecular complexity index is 1180. The highest BCUT2D eigenvalue weighted by molar-refractivity contribution is 5.99. The van der Waals surface area contributed by atoms with Crippen LogP contribution in [0.25, 0.3) is 10.9 Å². The van der Waals surface area contributed by atoms with E-state index in [1.165, 1.54) is 19.3 Å². The Balaban J connectivity index is 1.69. The van der Waals surface area contributed by atoms with Crippen LogP contribution in [0.5, 0.6) is 0 Å². The third-order valence-corrected chi connectivity index (χ3v) is 7.01. The van der Waals surface area contributed by atoms with Crippen molar-refractivity contribution >= 4 is 22.8 Å². The van der Waals surface area contributed by atoms with Crippen LogP contribution in [-0.4, -0.2) is 22.3 Å². The molecule has 5 nitrogen and oxygen atoms in total. The molecular weight excluding hydrogens is 414 g/mol. The molecule has 33 heavy (non-hydrogen) atoms. The lowest BCUT2D eigenvalue weighted by Gasteiger charge is -2.36. The first-order chi connectivity index (χ1) is 15.8. The molecule has 1 aliphatic heterocycles. The summed E-state index contributed by atoms with van der Waals surface area (Å²) >= 11 is 0. The predicted molar refractivity (Wildman–Crippen MR) is 127 cm³/mol. The molecule has 1 atom stereocenters. The van der Waals surface area contributed by atoms with E-state index < -0.39 is 29.6 Å². The fourth-order valence-corrected chi connectivity index (χ4v) is 5.56. The Morgan fingerprint density at radius 2 is 1.64 bits per heavy atom. The molecule has 0 spiro atoms. The van der Waals surface area contributed by atoms with Crippen LogP contribution in [-0.2, 0) is 19.1 Å². The van der Waals surface area contributed by atoms with E-state index in [-0.39, 0.29) is 0 Å². The van der Waals surface area contributed by atoms with Crippen molar-refractivity contribution in [3.05, 3.63) is 71.4 Å². The molecule has 2 heterocycles. The number of carbonyl (C=O) groups is 2. The van der Waals surface area contributed by atoms with Gasteiger partial charge in [-0.2, -0.15) is 0 Å². The van der Waals surface area contributed by atoms with E-state index in [0.29, 0.717) is 6.04 Å². The van der Waals surface area contributed by atoms with E-state index in [1.54, 1.807) is 13.8 Å². The first kappa shape index (κ1) is 21.7. The van der Waals surface area contributed by atoms with Gasteiger partial charge in [0, 0.05) is 42.9 Å². The quantitative estimate of drug-likeness (QED) is 0.363. The Morgan fingerprint density at radius 1 is 0.939 bits per heavy atom. The van der Waals surface area contributed by atoms with Crippen LogP contribution in [0.15, 0.2) is 54.7 Å². The highest BCUT2D eigenvalue weighted by Gasteiger charge is 2.48. The largest absolute Gasteiger partial charge is 0.422 e. The molecule has 1 saturated heterocycles. The number of cyclic esters (lactones) is 2. The van der Waals surface area contributed by atoms with Gasteiger partial charge in [-0.25, -0.2) is 0 Å². The molecule has 1 saturated carbocycles. The number of ether oxygens (including phenoxy) is 2. The minimum Gasteiger partial charge on any atom is -0.422 e. The smallest absolute Gasteiger partial charge is 0.324 e. The van der Waals surface area contributed by atoms with Crippen molar-refractivity contribution in [3.8, 4) is 0 Å². The molecule has 172 valence electrons. The average Bonchev–Trinajstić information content (AvgIpc) is 3.15. The van der Waals surface area contributed by atoms with E-state index >= 15 is 0 Å². The normalized spacial score (nSPS) is 20.5. The monoisotopic (exact) mass is 445 g/mol. The van der Waals surface area contributed by atoms with Crippen molar-refractivity contribution < 1.29 is 19.1 Å². The Hall–Kier alpha value is -3.08. The van der Waals surface area contributed by atoms with Crippen molar-refractivity contribution in [2.45, 2.75) is 70.6 Å². The lowest BCUT2D eigenvalue weighted by Crippen LogP contribution is -2.48. The first-order valence-electron chi connectivity index (χ1n) is 12.0. The molecule has 0 amide bonds. The van der Waals surface area contributed by atoms with Crippen LogP contribution >= 0.6 is 0 Å². The summed E-state index contributed by atoms with van der Waals surface area (Å²) in [5, 5.41) is 1.07. The highest BCUT2D eigenvalue weighted by atomic mass is 16.7. The van der Waals surface area contributed by atoms with Crippen molar-refractivity contribution in [1.82, 2.24) is 4.57 Å². The Morgan fingerprint density at radius 3 is 2.33 bits per heavy atom. The molecular formula is C28H31NO4. The van der Waals surface area contributed by atoms with Crippen molar-refractivity contribution in [2.24, 2.45) is 5.92 Å². The van der Waals surface area contributed by atoms with Gasteiger partial charge >= 0.3 is 11.9 Å². The molecule has 3 aromatic rings. The summed E-state index contributed by atoms with van der Waals surface area (Å²) in [6.07, 6.45) is 8.20. The number of aryl methyl sites for hydroxylation is 1. The zero-order valence-electron chi connectivity index (χ0n) is 19.5. The zero-order valence-corrected chi connectivity index (χ0v) is 19.5. The van der Waals surface area contributed by atoms with Gasteiger partial charge in [0.15, 0.2) is 5.92 Å². The number of nitrogens with zero attached hydrogens (tertiary/aromatic N) is 1. The molecule has 0 N–H and O–H groups in total. The van der Waals surface area contributed by atoms with Gasteiger partial charge < -0.3 is 14.0 Å². The van der Waals surface area contributed by atoms with Crippen LogP contribution in [0, 0.1) is 12.8 Å². The predicted octanol–water partition coefficient (Wildman–Crippen LogP) is 6.04. The number of fused-ring (bicyclic) bond motifs is 1. The molecule has 2 aromatic carbocycles. The molecule has 0 radical (unpaired) electrons. The Labute approximate surface area is 194 Å². The van der Waals surface area contributed by atoms with Crippen molar-refractivity contribution in [3.63, 3.8) is 0 Å². The Kier molecular flexibility index (Phi) is 5.51. The summed E-state index contributed by atoms with van der Waals surface area (Å²) in [5.41, 5.74) is 4.11. The second-order valence-corrected chi connectivity index (χ2v) is 9.91. The lowest BCUT2D eigenvalue weighted by molar-refractivity contribution is -0.240. The summed E-state index contributed by atoms with van der Waals surface area (Å²) in [4.78, 5) is 26.4. The van der Waals surface area contributed by atoms with E-state index in [4.69, 9.17) is 9.47 Å². The number of benzene rings is 2. The third-order valence-electron chi connectivity index (χ3n) is 7.01. The standard InChI is InChI=1S/C28H31NO4/c1-18-10-9-11-19(16-18)24(25-26(30)32-28(2,3)33-27(25)31)22-17-29(20-12-5-4-6-13-20)23-15-8-7-14-21(22)23/h7-11,14-17,20,24-25H,4-6,12-13H2,1-3H3. The van der Waals surface area contributed by atoms with E-state index in [0.717, 1.165) is 40.4 Å². The fraction of sp³-hybridized carbons (Fsp3) is 0.429. The van der Waals surface area contributed by atoms with Gasteiger partial charge in [0.2, 0.25) is 0 Å². The van der Waals surface area contributed by atoms with Gasteiger partial charge in [-0.3, -0.25) is 9.59 Å². The molecule has 1 aliphatic carbocycles. The SMILES string of the molecule is Cc1cccc(C(c2cn(C3CCCCC3)c3ccccc23)C2C(=O)OC(C)(C)OC2=O)c1. The minimum absolute atomic E-state index is 0.430. The maximum Gasteiger partial charge on any atom is 0.324 e. The van der Waals surface area contributed by atoms with Gasteiger partial charge in [0.05, 0.1) is 0 Å². The summed E-state index contributed by atoms with van der Waals surface area (Å²) in [5.74, 6) is -3.85. The average molecular weight is 446 g/mol. The van der Waals surface area contributed by atoms with E-state index in [1.807, 2.05) is 31.2 Å². The number of aromatic nitrogens is 1. The molecule has 2 fully saturated rings. The second-order valence-electron chi connectivity index (χ2n) is 9.91. The number of hydrogen-bond acceptors (Lipinski definition) is 4. The van der Waals surface area contributed by atoms with Gasteiger partial charge in [0.25, 0.3) is 5.79 Å². The molecule has 5 heteroatoms. The lowest BCUT2D eigenvalue weighted by atomic mass is 9.79. The summed E-state index contributed by atoms with van der Waals surface area (Å²) in [6.45, 7) is 5.21.